The molecule has 0 aliphatic rings. The zero-order chi connectivity index (χ0) is 14.8. The molecule has 0 radical (unpaired) electrons. The zero-order valence-corrected chi connectivity index (χ0v) is 12.3. The maximum Gasteiger partial charge on any atom is 0.416 e. The predicted octanol–water partition coefficient (Wildman–Crippen LogP) is 4.11. The number of anilines is 1. The van der Waals surface area contributed by atoms with Gasteiger partial charge in [0.25, 0.3) is 0 Å². The van der Waals surface area contributed by atoms with E-state index in [1.165, 1.54) is 23.5 Å². The van der Waals surface area contributed by atoms with Crippen LogP contribution in [0, 0.1) is 0 Å². The van der Waals surface area contributed by atoms with Gasteiger partial charge in [-0.15, -0.1) is 0 Å². The van der Waals surface area contributed by atoms with Gasteiger partial charge in [0.2, 0.25) is 5.91 Å². The summed E-state index contributed by atoms with van der Waals surface area (Å²) in [6.07, 6.45) is -2.82. The standard InChI is InChI=1S/C12H8BrF3N2OS/c13-9-6-17-11(20-9)18-10(19)5-7-1-3-8(4-2-7)12(14,15)16/h1-4,6H,5H2,(H,17,18,19). The Bertz CT molecular complexity index is 610. The highest BCUT2D eigenvalue weighted by molar-refractivity contribution is 9.11. The van der Waals surface area contributed by atoms with E-state index in [2.05, 4.69) is 26.2 Å². The Morgan fingerprint density at radius 3 is 2.45 bits per heavy atom. The maximum atomic E-state index is 12.4. The van der Waals surface area contributed by atoms with Gasteiger partial charge in [-0.25, -0.2) is 4.98 Å². The molecule has 1 N–H and O–H groups in total. The number of aromatic nitrogens is 1. The van der Waals surface area contributed by atoms with Crippen molar-refractivity contribution in [3.8, 4) is 0 Å². The van der Waals surface area contributed by atoms with Gasteiger partial charge in [0.15, 0.2) is 5.13 Å². The highest BCUT2D eigenvalue weighted by Crippen LogP contribution is 2.29. The van der Waals surface area contributed by atoms with Gasteiger partial charge in [-0.2, -0.15) is 13.2 Å². The largest absolute Gasteiger partial charge is 0.416 e. The summed E-state index contributed by atoms with van der Waals surface area (Å²) in [5.74, 6) is -0.327. The number of nitrogens with one attached hydrogen (secondary N) is 1. The van der Waals surface area contributed by atoms with E-state index in [4.69, 9.17) is 0 Å². The van der Waals surface area contributed by atoms with E-state index >= 15 is 0 Å². The summed E-state index contributed by atoms with van der Waals surface area (Å²) in [4.78, 5) is 15.6. The third-order valence-corrected chi connectivity index (χ3v) is 3.76. The van der Waals surface area contributed by atoms with Gasteiger partial charge in [-0.3, -0.25) is 4.79 Å². The minimum absolute atomic E-state index is 0.00463. The Labute approximate surface area is 125 Å². The summed E-state index contributed by atoms with van der Waals surface area (Å²) in [5, 5.41) is 3.01. The lowest BCUT2D eigenvalue weighted by Crippen LogP contribution is -2.14. The van der Waals surface area contributed by atoms with Crippen molar-refractivity contribution in [2.24, 2.45) is 0 Å². The van der Waals surface area contributed by atoms with Gasteiger partial charge in [-0.1, -0.05) is 23.5 Å². The molecule has 0 saturated heterocycles. The highest BCUT2D eigenvalue weighted by Gasteiger charge is 2.29. The number of benzene rings is 1. The molecule has 106 valence electrons. The van der Waals surface area contributed by atoms with Crippen LogP contribution in [0.2, 0.25) is 0 Å². The van der Waals surface area contributed by atoms with Crippen LogP contribution in [0.3, 0.4) is 0 Å². The minimum atomic E-state index is -4.37. The Morgan fingerprint density at radius 2 is 1.95 bits per heavy atom. The molecule has 0 unspecified atom stereocenters. The maximum absolute atomic E-state index is 12.4. The summed E-state index contributed by atoms with van der Waals surface area (Å²) in [6.45, 7) is 0. The average Bonchev–Trinajstić information content (AvgIpc) is 2.74. The Balaban J connectivity index is 1.98. The monoisotopic (exact) mass is 364 g/mol. The second-order valence-electron chi connectivity index (χ2n) is 3.89. The number of hydrogen-bond donors (Lipinski definition) is 1. The second-order valence-corrected chi connectivity index (χ2v) is 6.30. The van der Waals surface area contributed by atoms with Crippen molar-refractivity contribution in [1.82, 2.24) is 4.98 Å². The Kier molecular flexibility index (Phi) is 4.44. The van der Waals surface area contributed by atoms with Crippen molar-refractivity contribution in [2.75, 3.05) is 5.32 Å². The molecule has 0 atom stereocenters. The fourth-order valence-electron chi connectivity index (χ4n) is 1.47. The molecule has 8 heteroatoms. The molecule has 2 aromatic rings. The number of hydrogen-bond acceptors (Lipinski definition) is 3. The lowest BCUT2D eigenvalue weighted by Gasteiger charge is -2.07. The number of carbonyl (C=O) groups excluding carboxylic acids is 1. The van der Waals surface area contributed by atoms with Crippen LogP contribution in [-0.2, 0) is 17.4 Å². The summed E-state index contributed by atoms with van der Waals surface area (Å²) in [7, 11) is 0. The third kappa shape index (κ3) is 4.04. The van der Waals surface area contributed by atoms with Crippen LogP contribution in [0.1, 0.15) is 11.1 Å². The smallest absolute Gasteiger partial charge is 0.302 e. The highest BCUT2D eigenvalue weighted by atomic mass is 79.9. The number of thiazole rings is 1. The van der Waals surface area contributed by atoms with Crippen LogP contribution in [0.25, 0.3) is 0 Å². The number of halogens is 4. The lowest BCUT2D eigenvalue weighted by molar-refractivity contribution is -0.137. The lowest BCUT2D eigenvalue weighted by atomic mass is 10.1. The molecule has 0 saturated carbocycles. The third-order valence-electron chi connectivity index (χ3n) is 2.37. The van der Waals surface area contributed by atoms with Gasteiger partial charge < -0.3 is 5.32 Å². The van der Waals surface area contributed by atoms with Crippen molar-refractivity contribution in [3.63, 3.8) is 0 Å². The van der Waals surface area contributed by atoms with E-state index in [0.29, 0.717) is 10.7 Å². The van der Waals surface area contributed by atoms with Crippen LogP contribution in [-0.4, -0.2) is 10.9 Å². The van der Waals surface area contributed by atoms with E-state index in [9.17, 15) is 18.0 Å². The second kappa shape index (κ2) is 5.92. The van der Waals surface area contributed by atoms with Crippen molar-refractivity contribution >= 4 is 38.3 Å². The molecular formula is C12H8BrF3N2OS. The number of amides is 1. The minimum Gasteiger partial charge on any atom is -0.302 e. The zero-order valence-electron chi connectivity index (χ0n) is 9.87. The van der Waals surface area contributed by atoms with Crippen LogP contribution in [0.15, 0.2) is 34.2 Å². The molecule has 2 rings (SSSR count). The van der Waals surface area contributed by atoms with E-state index in [-0.39, 0.29) is 12.3 Å². The van der Waals surface area contributed by atoms with Gasteiger partial charge in [0.1, 0.15) is 0 Å². The van der Waals surface area contributed by atoms with Crippen LogP contribution in [0.4, 0.5) is 18.3 Å². The van der Waals surface area contributed by atoms with Crippen molar-refractivity contribution in [1.29, 1.82) is 0 Å². The summed E-state index contributed by atoms with van der Waals surface area (Å²) < 4.78 is 37.9. The van der Waals surface area contributed by atoms with E-state index in [0.717, 1.165) is 15.9 Å². The fourth-order valence-corrected chi connectivity index (χ4v) is 2.60. The molecule has 1 amide bonds. The van der Waals surface area contributed by atoms with Gasteiger partial charge in [-0.05, 0) is 33.6 Å². The molecule has 0 fully saturated rings. The molecule has 20 heavy (non-hydrogen) atoms. The van der Waals surface area contributed by atoms with E-state index < -0.39 is 11.7 Å². The number of alkyl halides is 3. The van der Waals surface area contributed by atoms with E-state index in [1.807, 2.05) is 0 Å². The quantitative estimate of drug-likeness (QED) is 0.890. The Hall–Kier alpha value is -1.41. The fraction of sp³-hybridized carbons (Fsp3) is 0.167. The molecule has 3 nitrogen and oxygen atoms in total. The van der Waals surface area contributed by atoms with Crippen molar-refractivity contribution in [2.45, 2.75) is 12.6 Å². The first-order chi connectivity index (χ1) is 9.34. The van der Waals surface area contributed by atoms with Crippen molar-refractivity contribution < 1.29 is 18.0 Å². The molecule has 1 heterocycles. The SMILES string of the molecule is O=C(Cc1ccc(C(F)(F)F)cc1)Nc1ncc(Br)s1. The van der Waals surface area contributed by atoms with Crippen LogP contribution < -0.4 is 5.32 Å². The molecule has 0 aliphatic carbocycles. The summed E-state index contributed by atoms with van der Waals surface area (Å²) in [6, 6.07) is 4.51. The molecule has 0 spiro atoms. The first-order valence-corrected chi connectivity index (χ1v) is 7.03. The van der Waals surface area contributed by atoms with Gasteiger partial charge in [0.05, 0.1) is 22.0 Å². The molecule has 1 aromatic carbocycles. The molecule has 1 aromatic heterocycles. The first kappa shape index (κ1) is 15.0. The molecule has 0 bridgehead atoms. The summed E-state index contributed by atoms with van der Waals surface area (Å²) >= 11 is 4.47. The Morgan fingerprint density at radius 1 is 1.30 bits per heavy atom. The number of nitrogens with zero attached hydrogens (tertiary/aromatic N) is 1. The van der Waals surface area contributed by atoms with Gasteiger partial charge >= 0.3 is 6.18 Å². The molecular weight excluding hydrogens is 357 g/mol. The van der Waals surface area contributed by atoms with Crippen LogP contribution in [0.5, 0.6) is 0 Å². The van der Waals surface area contributed by atoms with Crippen molar-refractivity contribution in [3.05, 3.63) is 45.4 Å². The van der Waals surface area contributed by atoms with Crippen LogP contribution >= 0.6 is 27.3 Å². The number of rotatable bonds is 3. The van der Waals surface area contributed by atoms with E-state index in [1.54, 1.807) is 6.20 Å². The van der Waals surface area contributed by atoms with Gasteiger partial charge in [0, 0.05) is 0 Å². The summed E-state index contributed by atoms with van der Waals surface area (Å²) in [5.41, 5.74) is -0.225. The topological polar surface area (TPSA) is 42.0 Å². The number of carbonyl (C=O) groups is 1. The molecule has 0 aliphatic heterocycles. The normalized spacial score (nSPS) is 11.4. The first-order valence-electron chi connectivity index (χ1n) is 5.42. The predicted molar refractivity (Wildman–Crippen MR) is 73.6 cm³/mol. The average molecular weight is 365 g/mol.